The number of nitrogens with zero attached hydrogens (tertiary/aromatic N) is 4. The Bertz CT molecular complexity index is 931. The molecule has 1 aliphatic heterocycles. The molecule has 0 spiro atoms. The van der Waals surface area contributed by atoms with Gasteiger partial charge in [0.1, 0.15) is 12.2 Å². The number of aryl methyl sites for hydroxylation is 3. The third-order valence-electron chi connectivity index (χ3n) is 4.74. The molecule has 0 aliphatic carbocycles. The van der Waals surface area contributed by atoms with Crippen LogP contribution in [0.1, 0.15) is 25.1 Å². The quantitative estimate of drug-likeness (QED) is 0.735. The molecule has 1 aliphatic rings. The summed E-state index contributed by atoms with van der Waals surface area (Å²) in [6.07, 6.45) is 4.56. The van der Waals surface area contributed by atoms with Gasteiger partial charge in [-0.15, -0.1) is 10.2 Å². The number of aromatic nitrogens is 5. The van der Waals surface area contributed by atoms with Gasteiger partial charge in [-0.25, -0.2) is 4.79 Å². The van der Waals surface area contributed by atoms with Gasteiger partial charge < -0.3 is 14.9 Å². The first kappa shape index (κ1) is 15.6. The van der Waals surface area contributed by atoms with Crippen LogP contribution in [0.3, 0.4) is 0 Å². The van der Waals surface area contributed by atoms with Crippen LogP contribution in [0.25, 0.3) is 11.0 Å². The van der Waals surface area contributed by atoms with Crippen molar-refractivity contribution >= 4 is 16.9 Å². The standard InChI is InChI=1S/C17H20N6O2/c24-16(19-12-5-6-15-21-18-11-22(15)9-7-12)8-10-23-14-4-2-1-3-13(14)20-17(23)25/h1-4,11-12H,5-10H2,(H,19,24)(H,20,25). The molecule has 0 radical (unpaired) electrons. The Balaban J connectivity index is 1.35. The molecule has 2 aromatic heterocycles. The van der Waals surface area contributed by atoms with Crippen LogP contribution in [-0.4, -0.2) is 36.3 Å². The molecule has 1 aromatic carbocycles. The number of aromatic amines is 1. The maximum absolute atomic E-state index is 12.3. The second-order valence-corrected chi connectivity index (χ2v) is 6.38. The van der Waals surface area contributed by atoms with Gasteiger partial charge in [-0.1, -0.05) is 12.1 Å². The molecule has 130 valence electrons. The predicted molar refractivity (Wildman–Crippen MR) is 92.1 cm³/mol. The van der Waals surface area contributed by atoms with E-state index in [2.05, 4.69) is 20.5 Å². The molecular weight excluding hydrogens is 320 g/mol. The van der Waals surface area contributed by atoms with Crippen LogP contribution in [-0.2, 0) is 24.3 Å². The molecule has 8 nitrogen and oxygen atoms in total. The monoisotopic (exact) mass is 340 g/mol. The second-order valence-electron chi connectivity index (χ2n) is 6.38. The van der Waals surface area contributed by atoms with Crippen LogP contribution in [0.15, 0.2) is 35.4 Å². The molecule has 3 heterocycles. The summed E-state index contributed by atoms with van der Waals surface area (Å²) in [4.78, 5) is 27.2. The fourth-order valence-corrected chi connectivity index (χ4v) is 3.39. The highest BCUT2D eigenvalue weighted by Gasteiger charge is 2.19. The lowest BCUT2D eigenvalue weighted by Crippen LogP contribution is -2.36. The summed E-state index contributed by atoms with van der Waals surface area (Å²) in [5, 5.41) is 11.1. The first-order valence-corrected chi connectivity index (χ1v) is 8.54. The van der Waals surface area contributed by atoms with Crippen molar-refractivity contribution in [1.29, 1.82) is 0 Å². The minimum absolute atomic E-state index is 0.0279. The summed E-state index contributed by atoms with van der Waals surface area (Å²) in [6, 6.07) is 7.63. The zero-order valence-corrected chi connectivity index (χ0v) is 13.8. The highest BCUT2D eigenvalue weighted by molar-refractivity contribution is 5.77. The van der Waals surface area contributed by atoms with E-state index in [1.54, 1.807) is 10.9 Å². The summed E-state index contributed by atoms with van der Waals surface area (Å²) in [7, 11) is 0. The van der Waals surface area contributed by atoms with Crippen molar-refractivity contribution in [1.82, 2.24) is 29.6 Å². The maximum atomic E-state index is 12.3. The van der Waals surface area contributed by atoms with Crippen LogP contribution < -0.4 is 11.0 Å². The summed E-state index contributed by atoms with van der Waals surface area (Å²) in [6.45, 7) is 1.18. The fraction of sp³-hybridized carbons (Fsp3) is 0.412. The van der Waals surface area contributed by atoms with E-state index in [0.717, 1.165) is 42.7 Å². The second kappa shape index (κ2) is 6.54. The van der Waals surface area contributed by atoms with Crippen molar-refractivity contribution in [2.24, 2.45) is 0 Å². The Morgan fingerprint density at radius 2 is 2.20 bits per heavy atom. The van der Waals surface area contributed by atoms with Gasteiger partial charge in [0.15, 0.2) is 0 Å². The van der Waals surface area contributed by atoms with Gasteiger partial charge in [-0.05, 0) is 25.0 Å². The minimum Gasteiger partial charge on any atom is -0.353 e. The van der Waals surface area contributed by atoms with Crippen LogP contribution >= 0.6 is 0 Å². The number of H-pyrrole nitrogens is 1. The van der Waals surface area contributed by atoms with E-state index in [1.165, 1.54) is 0 Å². The van der Waals surface area contributed by atoms with E-state index < -0.39 is 0 Å². The van der Waals surface area contributed by atoms with E-state index in [-0.39, 0.29) is 24.1 Å². The topological polar surface area (TPSA) is 97.6 Å². The number of benzene rings is 1. The third kappa shape index (κ3) is 3.19. The zero-order valence-electron chi connectivity index (χ0n) is 13.8. The number of carbonyl (C=O) groups excluding carboxylic acids is 1. The van der Waals surface area contributed by atoms with Gasteiger partial charge in [0.25, 0.3) is 0 Å². The molecule has 1 unspecified atom stereocenters. The Kier molecular flexibility index (Phi) is 4.09. The number of para-hydroxylation sites is 2. The normalized spacial score (nSPS) is 17.2. The Labute approximate surface area is 143 Å². The van der Waals surface area contributed by atoms with Crippen LogP contribution in [0.5, 0.6) is 0 Å². The third-order valence-corrected chi connectivity index (χ3v) is 4.74. The zero-order chi connectivity index (χ0) is 17.2. The average molecular weight is 340 g/mol. The Hall–Kier alpha value is -2.90. The molecule has 0 saturated heterocycles. The first-order valence-electron chi connectivity index (χ1n) is 8.54. The van der Waals surface area contributed by atoms with Crippen molar-refractivity contribution in [3.63, 3.8) is 0 Å². The fourth-order valence-electron chi connectivity index (χ4n) is 3.39. The van der Waals surface area contributed by atoms with E-state index in [4.69, 9.17) is 0 Å². The summed E-state index contributed by atoms with van der Waals surface area (Å²) in [5.74, 6) is 0.946. The number of hydrogen-bond acceptors (Lipinski definition) is 4. The lowest BCUT2D eigenvalue weighted by Gasteiger charge is -2.16. The van der Waals surface area contributed by atoms with Gasteiger partial charge in [0, 0.05) is 32.0 Å². The van der Waals surface area contributed by atoms with Gasteiger partial charge in [0.2, 0.25) is 5.91 Å². The molecule has 0 saturated carbocycles. The van der Waals surface area contributed by atoms with E-state index >= 15 is 0 Å². The van der Waals surface area contributed by atoms with Crippen molar-refractivity contribution in [3.05, 3.63) is 46.9 Å². The number of nitrogens with one attached hydrogen (secondary N) is 2. The molecule has 3 aromatic rings. The molecule has 4 rings (SSSR count). The first-order chi connectivity index (χ1) is 12.2. The van der Waals surface area contributed by atoms with Crippen LogP contribution in [0.2, 0.25) is 0 Å². The van der Waals surface area contributed by atoms with Gasteiger partial charge in [-0.3, -0.25) is 9.36 Å². The number of imidazole rings is 1. The maximum Gasteiger partial charge on any atom is 0.326 e. The summed E-state index contributed by atoms with van der Waals surface area (Å²) < 4.78 is 3.65. The number of fused-ring (bicyclic) bond motifs is 2. The number of amides is 1. The summed E-state index contributed by atoms with van der Waals surface area (Å²) in [5.41, 5.74) is 1.44. The number of hydrogen-bond donors (Lipinski definition) is 2. The Morgan fingerprint density at radius 1 is 1.32 bits per heavy atom. The highest BCUT2D eigenvalue weighted by Crippen LogP contribution is 2.13. The lowest BCUT2D eigenvalue weighted by atomic mass is 10.1. The SMILES string of the molecule is O=C(CCn1c(=O)[nH]c2ccccc21)NC1CCc2nncn2CC1. The smallest absolute Gasteiger partial charge is 0.326 e. The van der Waals surface area contributed by atoms with Gasteiger partial charge >= 0.3 is 5.69 Å². The predicted octanol–water partition coefficient (Wildman–Crippen LogP) is 0.832. The summed E-state index contributed by atoms with van der Waals surface area (Å²) >= 11 is 0. The molecule has 0 bridgehead atoms. The molecule has 25 heavy (non-hydrogen) atoms. The largest absolute Gasteiger partial charge is 0.353 e. The number of carbonyl (C=O) groups is 1. The van der Waals surface area contributed by atoms with E-state index in [1.807, 2.05) is 28.8 Å². The van der Waals surface area contributed by atoms with E-state index in [0.29, 0.717) is 6.54 Å². The molecule has 1 atom stereocenters. The van der Waals surface area contributed by atoms with Crippen molar-refractivity contribution < 1.29 is 4.79 Å². The number of rotatable bonds is 4. The molecule has 2 N–H and O–H groups in total. The molecular formula is C17H20N6O2. The van der Waals surface area contributed by atoms with Crippen molar-refractivity contribution in [3.8, 4) is 0 Å². The lowest BCUT2D eigenvalue weighted by molar-refractivity contribution is -0.122. The van der Waals surface area contributed by atoms with Gasteiger partial charge in [-0.2, -0.15) is 0 Å². The van der Waals surface area contributed by atoms with Crippen molar-refractivity contribution in [2.75, 3.05) is 0 Å². The highest BCUT2D eigenvalue weighted by atomic mass is 16.2. The molecule has 1 amide bonds. The van der Waals surface area contributed by atoms with Crippen molar-refractivity contribution in [2.45, 2.75) is 44.8 Å². The average Bonchev–Trinajstić information content (AvgIpc) is 3.13. The van der Waals surface area contributed by atoms with Gasteiger partial charge in [0.05, 0.1) is 11.0 Å². The minimum atomic E-state index is -0.179. The van der Waals surface area contributed by atoms with Crippen LogP contribution in [0, 0.1) is 0 Å². The molecule has 0 fully saturated rings. The van der Waals surface area contributed by atoms with E-state index in [9.17, 15) is 9.59 Å². The van der Waals surface area contributed by atoms with Crippen LogP contribution in [0.4, 0.5) is 0 Å². The Morgan fingerprint density at radius 3 is 3.12 bits per heavy atom. The molecule has 8 heteroatoms.